The predicted octanol–water partition coefficient (Wildman–Crippen LogP) is 2.50. The summed E-state index contributed by atoms with van der Waals surface area (Å²) in [5.74, 6) is 1.45. The van der Waals surface area contributed by atoms with E-state index < -0.39 is 0 Å². The van der Waals surface area contributed by atoms with E-state index in [9.17, 15) is 0 Å². The van der Waals surface area contributed by atoms with E-state index in [2.05, 4.69) is 25.8 Å². The van der Waals surface area contributed by atoms with Crippen LogP contribution in [0, 0.1) is 0 Å². The summed E-state index contributed by atoms with van der Waals surface area (Å²) in [5, 5.41) is 0. The molecule has 3 heteroatoms. The van der Waals surface area contributed by atoms with Crippen molar-refractivity contribution in [2.24, 2.45) is 0 Å². The molecule has 1 fully saturated rings. The van der Waals surface area contributed by atoms with Gasteiger partial charge in [-0.05, 0) is 25.0 Å². The summed E-state index contributed by atoms with van der Waals surface area (Å²) in [7, 11) is 0. The Hall–Kier alpha value is -1.25. The zero-order chi connectivity index (χ0) is 11.1. The molecule has 1 aromatic heterocycles. The second-order valence-electron chi connectivity index (χ2n) is 5.15. The van der Waals surface area contributed by atoms with Crippen LogP contribution >= 0.6 is 0 Å². The summed E-state index contributed by atoms with van der Waals surface area (Å²) < 4.78 is 5.82. The Morgan fingerprint density at radius 3 is 2.53 bits per heavy atom. The molecule has 0 unspecified atom stereocenters. The van der Waals surface area contributed by atoms with Crippen molar-refractivity contribution in [3.05, 3.63) is 17.8 Å². The van der Waals surface area contributed by atoms with Crippen molar-refractivity contribution in [1.29, 1.82) is 0 Å². The zero-order valence-electron chi connectivity index (χ0n) is 9.58. The summed E-state index contributed by atoms with van der Waals surface area (Å²) >= 11 is 0. The molecule has 2 N–H and O–H groups in total. The van der Waals surface area contributed by atoms with E-state index >= 15 is 0 Å². The van der Waals surface area contributed by atoms with Crippen LogP contribution in [-0.2, 0) is 5.41 Å². The topological polar surface area (TPSA) is 48.1 Å². The van der Waals surface area contributed by atoms with Crippen LogP contribution < -0.4 is 10.5 Å². The second kappa shape index (κ2) is 3.40. The predicted molar refractivity (Wildman–Crippen MR) is 61.0 cm³/mol. The number of nitrogen functional groups attached to an aromatic ring is 1. The molecule has 1 aliphatic rings. The van der Waals surface area contributed by atoms with E-state index in [4.69, 9.17) is 10.5 Å². The maximum atomic E-state index is 5.82. The standard InChI is InChI=1S/C12H18N2O/c1-12(2,3)11-9(15-8-4-5-8)6-7-10(13)14-11/h6-8H,4-5H2,1-3H3,(H2,13,14). The molecule has 0 amide bonds. The number of nitrogens with zero attached hydrogens (tertiary/aromatic N) is 1. The molecule has 0 radical (unpaired) electrons. The largest absolute Gasteiger partial charge is 0.488 e. The Labute approximate surface area is 90.7 Å². The fraction of sp³-hybridized carbons (Fsp3) is 0.583. The Bertz CT molecular complexity index is 364. The highest BCUT2D eigenvalue weighted by Gasteiger charge is 2.28. The number of hydrogen-bond acceptors (Lipinski definition) is 3. The highest BCUT2D eigenvalue weighted by atomic mass is 16.5. The maximum absolute atomic E-state index is 5.82. The van der Waals surface area contributed by atoms with Crippen LogP contribution in [0.1, 0.15) is 39.3 Å². The monoisotopic (exact) mass is 206 g/mol. The van der Waals surface area contributed by atoms with Crippen molar-refractivity contribution in [2.75, 3.05) is 5.73 Å². The van der Waals surface area contributed by atoms with Crippen LogP contribution in [0.2, 0.25) is 0 Å². The smallest absolute Gasteiger partial charge is 0.141 e. The van der Waals surface area contributed by atoms with Gasteiger partial charge in [-0.1, -0.05) is 20.8 Å². The average molecular weight is 206 g/mol. The number of rotatable bonds is 2. The fourth-order valence-electron chi connectivity index (χ4n) is 1.46. The van der Waals surface area contributed by atoms with Gasteiger partial charge in [-0.15, -0.1) is 0 Å². The molecule has 1 saturated carbocycles. The summed E-state index contributed by atoms with van der Waals surface area (Å²) in [6, 6.07) is 3.73. The molecule has 82 valence electrons. The lowest BCUT2D eigenvalue weighted by molar-refractivity contribution is 0.292. The first kappa shape index (κ1) is 10.3. The Kier molecular flexibility index (Phi) is 2.33. The highest BCUT2D eigenvalue weighted by Crippen LogP contribution is 2.34. The van der Waals surface area contributed by atoms with Gasteiger partial charge in [0.25, 0.3) is 0 Å². The average Bonchev–Trinajstić information content (AvgIpc) is 2.90. The Balaban J connectivity index is 2.34. The first-order valence-electron chi connectivity index (χ1n) is 5.40. The molecule has 1 aliphatic carbocycles. The number of anilines is 1. The first-order valence-corrected chi connectivity index (χ1v) is 5.40. The molecule has 0 bridgehead atoms. The third-order valence-corrected chi connectivity index (χ3v) is 2.41. The molecule has 1 heterocycles. The molecule has 3 nitrogen and oxygen atoms in total. The molecule has 0 spiro atoms. The van der Waals surface area contributed by atoms with Crippen molar-refractivity contribution < 1.29 is 4.74 Å². The van der Waals surface area contributed by atoms with Crippen LogP contribution in [-0.4, -0.2) is 11.1 Å². The van der Waals surface area contributed by atoms with Gasteiger partial charge >= 0.3 is 0 Å². The van der Waals surface area contributed by atoms with Crippen molar-refractivity contribution >= 4 is 5.82 Å². The van der Waals surface area contributed by atoms with Gasteiger partial charge in [0, 0.05) is 5.41 Å². The third-order valence-electron chi connectivity index (χ3n) is 2.41. The van der Waals surface area contributed by atoms with E-state index in [-0.39, 0.29) is 5.41 Å². The Morgan fingerprint density at radius 2 is 2.00 bits per heavy atom. The van der Waals surface area contributed by atoms with Crippen LogP contribution in [0.4, 0.5) is 5.82 Å². The quantitative estimate of drug-likeness (QED) is 0.808. The minimum atomic E-state index is -0.0282. The minimum absolute atomic E-state index is 0.0282. The van der Waals surface area contributed by atoms with Gasteiger partial charge < -0.3 is 10.5 Å². The van der Waals surface area contributed by atoms with Crippen molar-refractivity contribution in [2.45, 2.75) is 45.1 Å². The van der Waals surface area contributed by atoms with Crippen molar-refractivity contribution in [1.82, 2.24) is 4.98 Å². The summed E-state index contributed by atoms with van der Waals surface area (Å²) in [6.07, 6.45) is 2.72. The lowest BCUT2D eigenvalue weighted by atomic mass is 9.91. The van der Waals surface area contributed by atoms with Crippen LogP contribution in [0.25, 0.3) is 0 Å². The first-order chi connectivity index (χ1) is 6.97. The van der Waals surface area contributed by atoms with Gasteiger partial charge in [0.15, 0.2) is 0 Å². The lowest BCUT2D eigenvalue weighted by Crippen LogP contribution is -2.17. The number of pyridine rings is 1. The molecular weight excluding hydrogens is 188 g/mol. The molecule has 0 atom stereocenters. The molecule has 15 heavy (non-hydrogen) atoms. The summed E-state index contributed by atoms with van der Waals surface area (Å²) in [6.45, 7) is 6.36. The molecule has 0 saturated heterocycles. The van der Waals surface area contributed by atoms with Gasteiger partial charge in [-0.3, -0.25) is 0 Å². The van der Waals surface area contributed by atoms with Gasteiger partial charge in [-0.2, -0.15) is 0 Å². The van der Waals surface area contributed by atoms with E-state index in [0.29, 0.717) is 11.9 Å². The lowest BCUT2D eigenvalue weighted by Gasteiger charge is -2.21. The van der Waals surface area contributed by atoms with Gasteiger partial charge in [0.05, 0.1) is 11.8 Å². The fourth-order valence-corrected chi connectivity index (χ4v) is 1.46. The molecule has 1 aromatic rings. The zero-order valence-corrected chi connectivity index (χ0v) is 9.58. The number of nitrogens with two attached hydrogens (primary N) is 1. The molecular formula is C12H18N2O. The maximum Gasteiger partial charge on any atom is 0.141 e. The summed E-state index contributed by atoms with van der Waals surface area (Å²) in [5.41, 5.74) is 6.63. The third kappa shape index (κ3) is 2.41. The second-order valence-corrected chi connectivity index (χ2v) is 5.15. The normalized spacial score (nSPS) is 16.5. The van der Waals surface area contributed by atoms with Crippen molar-refractivity contribution in [3.8, 4) is 5.75 Å². The van der Waals surface area contributed by atoms with E-state index in [0.717, 1.165) is 24.3 Å². The van der Waals surface area contributed by atoms with Crippen LogP contribution in [0.15, 0.2) is 12.1 Å². The van der Waals surface area contributed by atoms with Gasteiger partial charge in [0.2, 0.25) is 0 Å². The Morgan fingerprint density at radius 1 is 1.33 bits per heavy atom. The van der Waals surface area contributed by atoms with Crippen molar-refractivity contribution in [3.63, 3.8) is 0 Å². The van der Waals surface area contributed by atoms with Crippen LogP contribution in [0.3, 0.4) is 0 Å². The van der Waals surface area contributed by atoms with Gasteiger partial charge in [0.1, 0.15) is 11.6 Å². The molecule has 0 aromatic carbocycles. The van der Waals surface area contributed by atoms with E-state index in [1.165, 1.54) is 0 Å². The van der Waals surface area contributed by atoms with E-state index in [1.54, 1.807) is 6.07 Å². The molecule has 2 rings (SSSR count). The van der Waals surface area contributed by atoms with Crippen LogP contribution in [0.5, 0.6) is 5.75 Å². The van der Waals surface area contributed by atoms with Gasteiger partial charge in [-0.25, -0.2) is 4.98 Å². The highest BCUT2D eigenvalue weighted by molar-refractivity contribution is 5.41. The number of ether oxygens (including phenoxy) is 1. The number of hydrogen-bond donors (Lipinski definition) is 1. The van der Waals surface area contributed by atoms with E-state index in [1.807, 2.05) is 6.07 Å². The summed E-state index contributed by atoms with van der Waals surface area (Å²) in [4.78, 5) is 4.38. The SMILES string of the molecule is CC(C)(C)c1nc(N)ccc1OC1CC1. The molecule has 0 aliphatic heterocycles. The minimum Gasteiger partial charge on any atom is -0.488 e. The number of aromatic nitrogens is 1.